The Morgan fingerprint density at radius 3 is 2.82 bits per heavy atom. The topological polar surface area (TPSA) is 32.6 Å². The van der Waals surface area contributed by atoms with Gasteiger partial charge < -0.3 is 5.21 Å². The van der Waals surface area contributed by atoms with Gasteiger partial charge >= 0.3 is 0 Å². The van der Waals surface area contributed by atoms with Gasteiger partial charge in [0.15, 0.2) is 0 Å². The van der Waals surface area contributed by atoms with Crippen molar-refractivity contribution in [1.29, 1.82) is 0 Å². The maximum Gasteiger partial charge on any atom is 0.0573 e. The summed E-state index contributed by atoms with van der Waals surface area (Å²) in [5.41, 5.74) is 1.04. The molecule has 0 saturated heterocycles. The van der Waals surface area contributed by atoms with Gasteiger partial charge in [-0.2, -0.15) is 0 Å². The smallest absolute Gasteiger partial charge is 0.0573 e. The lowest BCUT2D eigenvalue weighted by Crippen LogP contribution is -2.20. The molecule has 0 aromatic carbocycles. The van der Waals surface area contributed by atoms with E-state index >= 15 is 0 Å². The summed E-state index contributed by atoms with van der Waals surface area (Å²) >= 11 is 0. The highest BCUT2D eigenvalue weighted by Crippen LogP contribution is 2.40. The third-order valence-electron chi connectivity index (χ3n) is 3.26. The van der Waals surface area contributed by atoms with Gasteiger partial charge in [-0.05, 0) is 37.5 Å². The Morgan fingerprint density at radius 2 is 2.00 bits per heavy atom. The van der Waals surface area contributed by atoms with Crippen LogP contribution in [0.5, 0.6) is 0 Å². The largest absolute Gasteiger partial charge is 0.411 e. The molecule has 2 aliphatic rings. The summed E-state index contributed by atoms with van der Waals surface area (Å²) in [4.78, 5) is 0. The van der Waals surface area contributed by atoms with Gasteiger partial charge in [0.1, 0.15) is 0 Å². The van der Waals surface area contributed by atoms with Crippen LogP contribution in [0.15, 0.2) is 5.16 Å². The number of nitrogens with zero attached hydrogens (tertiary/aromatic N) is 1. The van der Waals surface area contributed by atoms with Gasteiger partial charge in [0.25, 0.3) is 0 Å². The van der Waals surface area contributed by atoms with Crippen LogP contribution in [0.25, 0.3) is 0 Å². The normalized spacial score (nSPS) is 40.9. The maximum atomic E-state index is 8.60. The average Bonchev–Trinajstić information content (AvgIpc) is 2.50. The van der Waals surface area contributed by atoms with E-state index in [4.69, 9.17) is 5.21 Å². The lowest BCUT2D eigenvalue weighted by atomic mass is 9.81. The average molecular weight is 153 g/mol. The summed E-state index contributed by atoms with van der Waals surface area (Å²) in [6, 6.07) is 0. The van der Waals surface area contributed by atoms with Crippen LogP contribution < -0.4 is 0 Å². The predicted octanol–water partition coefficient (Wildman–Crippen LogP) is 2.42. The van der Waals surface area contributed by atoms with Crippen LogP contribution in [0.1, 0.15) is 38.5 Å². The van der Waals surface area contributed by atoms with Gasteiger partial charge in [0.05, 0.1) is 5.71 Å². The molecule has 62 valence electrons. The van der Waals surface area contributed by atoms with E-state index in [0.29, 0.717) is 0 Å². The number of hydrogen-bond acceptors (Lipinski definition) is 2. The molecule has 2 saturated carbocycles. The third kappa shape index (κ3) is 1.26. The fourth-order valence-electron chi connectivity index (χ4n) is 2.61. The van der Waals surface area contributed by atoms with E-state index in [1.54, 1.807) is 0 Å². The van der Waals surface area contributed by atoms with Crippen LogP contribution >= 0.6 is 0 Å². The monoisotopic (exact) mass is 153 g/mol. The van der Waals surface area contributed by atoms with Crippen LogP contribution in [-0.2, 0) is 0 Å². The molecular weight excluding hydrogens is 138 g/mol. The fraction of sp³-hybridized carbons (Fsp3) is 0.889. The molecule has 0 aromatic heterocycles. The lowest BCUT2D eigenvalue weighted by Gasteiger charge is -2.25. The minimum Gasteiger partial charge on any atom is -0.411 e. The molecule has 2 nitrogen and oxygen atoms in total. The van der Waals surface area contributed by atoms with Crippen LogP contribution in [0, 0.1) is 11.8 Å². The molecule has 0 radical (unpaired) electrons. The molecule has 2 rings (SSSR count). The quantitative estimate of drug-likeness (QED) is 0.420. The minimum atomic E-state index is 0.856. The van der Waals surface area contributed by atoms with E-state index in [1.165, 1.54) is 25.7 Å². The number of hydrogen-bond donors (Lipinski definition) is 1. The number of oxime groups is 1. The van der Waals surface area contributed by atoms with Crippen molar-refractivity contribution in [3.8, 4) is 0 Å². The molecule has 0 heterocycles. The molecule has 11 heavy (non-hydrogen) atoms. The standard InChI is InChI=1S/C9H15NO/c11-10-9-5-4-7-2-1-3-8(7)6-9/h7-8,11H,1-6H2/b10-9+/t7-,8-/m1/s1. The van der Waals surface area contributed by atoms with Crippen molar-refractivity contribution in [3.63, 3.8) is 0 Å². The molecule has 0 bridgehead atoms. The summed E-state index contributed by atoms with van der Waals surface area (Å²) in [5.74, 6) is 1.81. The summed E-state index contributed by atoms with van der Waals surface area (Å²) in [7, 11) is 0. The van der Waals surface area contributed by atoms with Gasteiger partial charge in [0.2, 0.25) is 0 Å². The summed E-state index contributed by atoms with van der Waals surface area (Å²) in [5, 5.41) is 11.9. The Kier molecular flexibility index (Phi) is 1.84. The van der Waals surface area contributed by atoms with E-state index in [-0.39, 0.29) is 0 Å². The molecule has 2 aliphatic carbocycles. The predicted molar refractivity (Wildman–Crippen MR) is 43.9 cm³/mol. The van der Waals surface area contributed by atoms with Crippen molar-refractivity contribution in [1.82, 2.24) is 0 Å². The Bertz CT molecular complexity index is 176. The number of fused-ring (bicyclic) bond motifs is 1. The van der Waals surface area contributed by atoms with Crippen molar-refractivity contribution >= 4 is 5.71 Å². The highest BCUT2D eigenvalue weighted by Gasteiger charge is 2.31. The van der Waals surface area contributed by atoms with E-state index in [0.717, 1.165) is 30.4 Å². The SMILES string of the molecule is O/N=C1\CC[C@H]2CCC[C@@H]2C1. The molecule has 2 atom stereocenters. The van der Waals surface area contributed by atoms with Crippen LogP contribution in [0.3, 0.4) is 0 Å². The summed E-state index contributed by atoms with van der Waals surface area (Å²) in [6.45, 7) is 0. The van der Waals surface area contributed by atoms with Gasteiger partial charge in [0, 0.05) is 0 Å². The first-order chi connectivity index (χ1) is 5.40. The Hall–Kier alpha value is -0.530. The third-order valence-corrected chi connectivity index (χ3v) is 3.26. The van der Waals surface area contributed by atoms with E-state index in [9.17, 15) is 0 Å². The van der Waals surface area contributed by atoms with Crippen molar-refractivity contribution < 1.29 is 5.21 Å². The molecule has 0 amide bonds. The van der Waals surface area contributed by atoms with E-state index < -0.39 is 0 Å². The number of rotatable bonds is 0. The molecule has 2 fully saturated rings. The highest BCUT2D eigenvalue weighted by molar-refractivity contribution is 5.84. The highest BCUT2D eigenvalue weighted by atomic mass is 16.4. The minimum absolute atomic E-state index is 0.856. The zero-order chi connectivity index (χ0) is 7.68. The Labute approximate surface area is 67.3 Å². The molecular formula is C9H15NO. The first-order valence-corrected chi connectivity index (χ1v) is 4.60. The van der Waals surface area contributed by atoms with Gasteiger partial charge in [-0.25, -0.2) is 0 Å². The summed E-state index contributed by atoms with van der Waals surface area (Å²) < 4.78 is 0. The molecule has 0 aliphatic heterocycles. The van der Waals surface area contributed by atoms with Gasteiger partial charge in [-0.15, -0.1) is 0 Å². The lowest BCUT2D eigenvalue weighted by molar-refractivity contribution is 0.298. The second-order valence-corrected chi connectivity index (χ2v) is 3.86. The first kappa shape index (κ1) is 7.14. The molecule has 1 N–H and O–H groups in total. The van der Waals surface area contributed by atoms with E-state index in [2.05, 4.69) is 5.16 Å². The molecule has 0 aromatic rings. The van der Waals surface area contributed by atoms with Gasteiger partial charge in [-0.1, -0.05) is 18.0 Å². The van der Waals surface area contributed by atoms with Crippen LogP contribution in [0.2, 0.25) is 0 Å². The van der Waals surface area contributed by atoms with Crippen molar-refractivity contribution in [3.05, 3.63) is 0 Å². The van der Waals surface area contributed by atoms with Crippen LogP contribution in [0.4, 0.5) is 0 Å². The molecule has 0 spiro atoms. The zero-order valence-corrected chi connectivity index (χ0v) is 6.79. The maximum absolute atomic E-state index is 8.60. The molecule has 2 heteroatoms. The van der Waals surface area contributed by atoms with Crippen LogP contribution in [-0.4, -0.2) is 10.9 Å². The van der Waals surface area contributed by atoms with Gasteiger partial charge in [-0.3, -0.25) is 0 Å². The first-order valence-electron chi connectivity index (χ1n) is 4.60. The Balaban J connectivity index is 2.02. The molecule has 0 unspecified atom stereocenters. The second-order valence-electron chi connectivity index (χ2n) is 3.86. The zero-order valence-electron chi connectivity index (χ0n) is 6.79. The van der Waals surface area contributed by atoms with E-state index in [1.807, 2.05) is 0 Å². The van der Waals surface area contributed by atoms with Crippen molar-refractivity contribution in [2.45, 2.75) is 38.5 Å². The summed E-state index contributed by atoms with van der Waals surface area (Å²) in [6.07, 6.45) is 7.56. The fourth-order valence-corrected chi connectivity index (χ4v) is 2.61. The van der Waals surface area contributed by atoms with Crippen molar-refractivity contribution in [2.75, 3.05) is 0 Å². The second kappa shape index (κ2) is 2.84. The Morgan fingerprint density at radius 1 is 1.18 bits per heavy atom. The van der Waals surface area contributed by atoms with Crippen molar-refractivity contribution in [2.24, 2.45) is 17.0 Å².